The van der Waals surface area contributed by atoms with Crippen LogP contribution in [0.2, 0.25) is 0 Å². The summed E-state index contributed by atoms with van der Waals surface area (Å²) in [5.74, 6) is -1.27. The minimum Gasteiger partial charge on any atom is -0.349 e. The van der Waals surface area contributed by atoms with Gasteiger partial charge in [0.05, 0.1) is 16.8 Å². The lowest BCUT2D eigenvalue weighted by atomic mass is 9.81. The van der Waals surface area contributed by atoms with Gasteiger partial charge < -0.3 is 10.2 Å². The van der Waals surface area contributed by atoms with Gasteiger partial charge >= 0.3 is 0 Å². The van der Waals surface area contributed by atoms with Gasteiger partial charge in [0.1, 0.15) is 0 Å². The van der Waals surface area contributed by atoms with Gasteiger partial charge in [-0.3, -0.25) is 19.7 Å². The van der Waals surface area contributed by atoms with E-state index < -0.39 is 16.8 Å². The Bertz CT molecular complexity index is 654. The highest BCUT2D eigenvalue weighted by Gasteiger charge is 2.34. The van der Waals surface area contributed by atoms with Crippen molar-refractivity contribution < 1.29 is 14.5 Å². The van der Waals surface area contributed by atoms with Crippen LogP contribution in [-0.4, -0.2) is 35.7 Å². The first-order valence-electron chi connectivity index (χ1n) is 7.31. The van der Waals surface area contributed by atoms with E-state index in [-0.39, 0.29) is 17.5 Å². The van der Waals surface area contributed by atoms with Gasteiger partial charge in [-0.2, -0.15) is 0 Å². The number of carbonyl (C=O) groups is 2. The fourth-order valence-corrected chi connectivity index (χ4v) is 2.64. The van der Waals surface area contributed by atoms with E-state index in [9.17, 15) is 19.7 Å². The number of nitrogens with one attached hydrogen (secondary N) is 1. The van der Waals surface area contributed by atoms with E-state index in [4.69, 9.17) is 0 Å². The zero-order valence-corrected chi connectivity index (χ0v) is 13.1. The Morgan fingerprint density at radius 3 is 2.48 bits per heavy atom. The summed E-state index contributed by atoms with van der Waals surface area (Å²) in [7, 11) is 3.33. The van der Waals surface area contributed by atoms with Crippen LogP contribution in [0.5, 0.6) is 0 Å². The van der Waals surface area contributed by atoms with Gasteiger partial charge in [0.2, 0.25) is 11.8 Å². The first-order valence-corrected chi connectivity index (χ1v) is 7.31. The lowest BCUT2D eigenvalue weighted by Gasteiger charge is -2.28. The highest BCUT2D eigenvalue weighted by atomic mass is 16.6. The summed E-state index contributed by atoms with van der Waals surface area (Å²) < 4.78 is 0. The topological polar surface area (TPSA) is 92.6 Å². The van der Waals surface area contributed by atoms with Crippen LogP contribution < -0.4 is 5.32 Å². The Kier molecular flexibility index (Phi) is 5.10. The summed E-state index contributed by atoms with van der Waals surface area (Å²) >= 11 is 0. The summed E-state index contributed by atoms with van der Waals surface area (Å²) in [6.45, 7) is 0. The zero-order valence-electron chi connectivity index (χ0n) is 13.1. The highest BCUT2D eigenvalue weighted by molar-refractivity contribution is 5.96. The maximum Gasteiger partial charge on any atom is 0.271 e. The van der Waals surface area contributed by atoms with Gasteiger partial charge in [0.15, 0.2) is 0 Å². The molecule has 0 aromatic heterocycles. The summed E-state index contributed by atoms with van der Waals surface area (Å²) in [5, 5.41) is 13.5. The van der Waals surface area contributed by atoms with E-state index in [1.54, 1.807) is 20.2 Å². The molecule has 1 N–H and O–H groups in total. The number of nitrogens with zero attached hydrogens (tertiary/aromatic N) is 2. The quantitative estimate of drug-likeness (QED) is 0.523. The van der Waals surface area contributed by atoms with Crippen LogP contribution in [0.1, 0.15) is 12.8 Å². The van der Waals surface area contributed by atoms with Crippen LogP contribution in [0.3, 0.4) is 0 Å². The molecule has 23 heavy (non-hydrogen) atoms. The van der Waals surface area contributed by atoms with Gasteiger partial charge in [0.25, 0.3) is 5.69 Å². The van der Waals surface area contributed by atoms with Crippen LogP contribution in [0.15, 0.2) is 36.4 Å². The summed E-state index contributed by atoms with van der Waals surface area (Å²) in [6.07, 6.45) is 4.79. The van der Waals surface area contributed by atoms with Crippen molar-refractivity contribution >= 4 is 23.2 Å². The molecule has 7 heteroatoms. The van der Waals surface area contributed by atoms with Crippen molar-refractivity contribution in [3.05, 3.63) is 46.5 Å². The smallest absolute Gasteiger partial charge is 0.271 e. The van der Waals surface area contributed by atoms with Crippen molar-refractivity contribution in [2.75, 3.05) is 19.4 Å². The molecule has 7 nitrogen and oxygen atoms in total. The molecule has 0 saturated heterocycles. The number of anilines is 1. The Morgan fingerprint density at radius 2 is 1.87 bits per heavy atom. The van der Waals surface area contributed by atoms with E-state index in [1.807, 2.05) is 12.2 Å². The third-order valence-corrected chi connectivity index (χ3v) is 3.85. The predicted molar refractivity (Wildman–Crippen MR) is 85.8 cm³/mol. The van der Waals surface area contributed by atoms with E-state index in [0.717, 1.165) is 0 Å². The lowest BCUT2D eigenvalue weighted by molar-refractivity contribution is -0.384. The summed E-state index contributed by atoms with van der Waals surface area (Å²) in [6, 6.07) is 5.76. The van der Waals surface area contributed by atoms with Crippen LogP contribution in [-0.2, 0) is 9.59 Å². The second kappa shape index (κ2) is 7.04. The number of nitro groups is 1. The molecule has 122 valence electrons. The standard InChI is InChI=1S/C16H19N3O4/c1-18(2)16(21)14-9-4-3-8-13(14)15(20)17-11-6-5-7-12(10-11)19(22)23/h3-7,10,13-14H,8-9H2,1-2H3,(H,17,20). The average Bonchev–Trinajstić information content (AvgIpc) is 2.54. The molecular formula is C16H19N3O4. The second-order valence-corrected chi connectivity index (χ2v) is 5.69. The second-order valence-electron chi connectivity index (χ2n) is 5.69. The first kappa shape index (κ1) is 16.7. The monoisotopic (exact) mass is 317 g/mol. The molecule has 1 aliphatic carbocycles. The molecule has 0 heterocycles. The lowest BCUT2D eigenvalue weighted by Crippen LogP contribution is -2.40. The molecule has 2 atom stereocenters. The Labute approximate surface area is 134 Å². The fourth-order valence-electron chi connectivity index (χ4n) is 2.64. The molecule has 1 aliphatic rings. The Balaban J connectivity index is 2.15. The molecule has 0 bridgehead atoms. The number of nitro benzene ring substituents is 1. The molecule has 0 radical (unpaired) electrons. The number of non-ortho nitro benzene ring substituents is 1. The third kappa shape index (κ3) is 3.94. The van der Waals surface area contributed by atoms with Crippen molar-refractivity contribution in [1.29, 1.82) is 0 Å². The first-order chi connectivity index (χ1) is 10.9. The molecule has 0 saturated carbocycles. The maximum atomic E-state index is 12.5. The van der Waals surface area contributed by atoms with Gasteiger partial charge in [-0.05, 0) is 18.9 Å². The number of rotatable bonds is 4. The molecule has 2 unspecified atom stereocenters. The average molecular weight is 317 g/mol. The number of carbonyl (C=O) groups excluding carboxylic acids is 2. The summed E-state index contributed by atoms with van der Waals surface area (Å²) in [5.41, 5.74) is 0.266. The van der Waals surface area contributed by atoms with Crippen molar-refractivity contribution in [2.45, 2.75) is 12.8 Å². The van der Waals surface area contributed by atoms with E-state index in [2.05, 4.69) is 5.32 Å². The molecule has 0 aliphatic heterocycles. The van der Waals surface area contributed by atoms with Gasteiger partial charge in [0, 0.05) is 31.9 Å². The van der Waals surface area contributed by atoms with Crippen LogP contribution in [0, 0.1) is 22.0 Å². The molecule has 2 amide bonds. The SMILES string of the molecule is CN(C)C(=O)C1CC=CCC1C(=O)Nc1cccc([N+](=O)[O-])c1. The molecule has 0 spiro atoms. The number of amides is 2. The summed E-state index contributed by atoms with van der Waals surface area (Å²) in [4.78, 5) is 36.5. The normalized spacial score (nSPS) is 19.9. The highest BCUT2D eigenvalue weighted by Crippen LogP contribution is 2.28. The van der Waals surface area contributed by atoms with Gasteiger partial charge in [-0.15, -0.1) is 0 Å². The minimum absolute atomic E-state index is 0.0893. The molecule has 2 rings (SSSR count). The largest absolute Gasteiger partial charge is 0.349 e. The van der Waals surface area contributed by atoms with Crippen molar-refractivity contribution in [3.8, 4) is 0 Å². The third-order valence-electron chi connectivity index (χ3n) is 3.85. The zero-order chi connectivity index (χ0) is 17.0. The Hall–Kier alpha value is -2.70. The van der Waals surface area contributed by atoms with Gasteiger partial charge in [-0.1, -0.05) is 18.2 Å². The van der Waals surface area contributed by atoms with Crippen molar-refractivity contribution in [1.82, 2.24) is 4.90 Å². The van der Waals surface area contributed by atoms with E-state index in [1.165, 1.54) is 23.1 Å². The van der Waals surface area contributed by atoms with Crippen LogP contribution in [0.4, 0.5) is 11.4 Å². The molecule has 1 aromatic carbocycles. The van der Waals surface area contributed by atoms with Crippen molar-refractivity contribution in [2.24, 2.45) is 11.8 Å². The Morgan fingerprint density at radius 1 is 1.22 bits per heavy atom. The van der Waals surface area contributed by atoms with Crippen LogP contribution >= 0.6 is 0 Å². The molecule has 0 fully saturated rings. The van der Waals surface area contributed by atoms with Crippen molar-refractivity contribution in [3.63, 3.8) is 0 Å². The van der Waals surface area contributed by atoms with E-state index in [0.29, 0.717) is 18.5 Å². The number of hydrogen-bond acceptors (Lipinski definition) is 4. The fraction of sp³-hybridized carbons (Fsp3) is 0.375. The van der Waals surface area contributed by atoms with Crippen LogP contribution in [0.25, 0.3) is 0 Å². The number of hydrogen-bond donors (Lipinski definition) is 1. The number of benzene rings is 1. The molecule has 1 aromatic rings. The minimum atomic E-state index is -0.516. The molecular weight excluding hydrogens is 298 g/mol. The number of allylic oxidation sites excluding steroid dienone is 2. The van der Waals surface area contributed by atoms with E-state index >= 15 is 0 Å². The predicted octanol–water partition coefficient (Wildman–Crippen LogP) is 2.20. The van der Waals surface area contributed by atoms with Gasteiger partial charge in [-0.25, -0.2) is 0 Å². The maximum absolute atomic E-state index is 12.5.